The molecule has 0 atom stereocenters. The lowest BCUT2D eigenvalue weighted by Gasteiger charge is -2.11. The van der Waals surface area contributed by atoms with Crippen LogP contribution in [0, 0.1) is 0 Å². The van der Waals surface area contributed by atoms with Crippen LogP contribution < -0.4 is 15.4 Å². The predicted molar refractivity (Wildman–Crippen MR) is 72.9 cm³/mol. The summed E-state index contributed by atoms with van der Waals surface area (Å²) in [7, 11) is 0. The Morgan fingerprint density at radius 1 is 1.24 bits per heavy atom. The number of halogens is 3. The SMILES string of the molecule is CCCCCNC(=O)NCc1cccc(OC(F)(F)F)c1. The van der Waals surface area contributed by atoms with Gasteiger partial charge in [0.15, 0.2) is 0 Å². The van der Waals surface area contributed by atoms with E-state index in [0.717, 1.165) is 19.3 Å². The Bertz CT molecular complexity index is 450. The van der Waals surface area contributed by atoms with Crippen molar-refractivity contribution in [1.82, 2.24) is 10.6 Å². The van der Waals surface area contributed by atoms with Gasteiger partial charge in [0, 0.05) is 13.1 Å². The average Bonchev–Trinajstić information content (AvgIpc) is 2.40. The minimum absolute atomic E-state index is 0.134. The molecule has 21 heavy (non-hydrogen) atoms. The summed E-state index contributed by atoms with van der Waals surface area (Å²) in [5.74, 6) is -0.301. The van der Waals surface area contributed by atoms with Crippen molar-refractivity contribution in [2.45, 2.75) is 39.1 Å². The lowest BCUT2D eigenvalue weighted by molar-refractivity contribution is -0.274. The first-order valence-corrected chi connectivity index (χ1v) is 6.77. The van der Waals surface area contributed by atoms with Gasteiger partial charge in [0.1, 0.15) is 5.75 Å². The maximum Gasteiger partial charge on any atom is 0.573 e. The van der Waals surface area contributed by atoms with Gasteiger partial charge in [-0.25, -0.2) is 4.79 Å². The maximum atomic E-state index is 12.1. The molecule has 0 bridgehead atoms. The Hall–Kier alpha value is -1.92. The Labute approximate surface area is 121 Å². The standard InChI is InChI=1S/C14H19F3N2O2/c1-2-3-4-8-18-13(20)19-10-11-6-5-7-12(9-11)21-14(15,16)17/h5-7,9H,2-4,8,10H2,1H3,(H2,18,19,20). The number of hydrogen-bond donors (Lipinski definition) is 2. The quantitative estimate of drug-likeness (QED) is 0.757. The molecule has 0 aromatic heterocycles. The predicted octanol–water partition coefficient (Wildman–Crippen LogP) is 3.57. The van der Waals surface area contributed by atoms with Gasteiger partial charge >= 0.3 is 12.4 Å². The van der Waals surface area contributed by atoms with Gasteiger partial charge in [-0.1, -0.05) is 31.9 Å². The molecule has 0 radical (unpaired) electrons. The third kappa shape index (κ3) is 8.06. The van der Waals surface area contributed by atoms with Crippen molar-refractivity contribution in [3.8, 4) is 5.75 Å². The second-order valence-corrected chi connectivity index (χ2v) is 4.51. The van der Waals surface area contributed by atoms with Crippen LogP contribution in [0.1, 0.15) is 31.7 Å². The zero-order valence-corrected chi connectivity index (χ0v) is 11.8. The monoisotopic (exact) mass is 304 g/mol. The van der Waals surface area contributed by atoms with E-state index in [2.05, 4.69) is 22.3 Å². The van der Waals surface area contributed by atoms with Gasteiger partial charge in [-0.3, -0.25) is 0 Å². The molecule has 0 heterocycles. The number of nitrogens with one attached hydrogen (secondary N) is 2. The fourth-order valence-electron chi connectivity index (χ4n) is 1.67. The van der Waals surface area contributed by atoms with E-state index in [0.29, 0.717) is 12.1 Å². The smallest absolute Gasteiger partial charge is 0.406 e. The van der Waals surface area contributed by atoms with Crippen LogP contribution in [0.25, 0.3) is 0 Å². The van der Waals surface area contributed by atoms with E-state index in [1.54, 1.807) is 6.07 Å². The van der Waals surface area contributed by atoms with Crippen LogP contribution in [0.2, 0.25) is 0 Å². The van der Waals surface area contributed by atoms with Crippen molar-refractivity contribution in [2.24, 2.45) is 0 Å². The van der Waals surface area contributed by atoms with Gasteiger partial charge in [-0.15, -0.1) is 13.2 Å². The van der Waals surface area contributed by atoms with E-state index >= 15 is 0 Å². The molecule has 0 aliphatic carbocycles. The molecule has 118 valence electrons. The van der Waals surface area contributed by atoms with Gasteiger partial charge in [0.05, 0.1) is 0 Å². The number of rotatable bonds is 7. The number of alkyl halides is 3. The summed E-state index contributed by atoms with van der Waals surface area (Å²) in [5.41, 5.74) is 0.528. The van der Waals surface area contributed by atoms with Crippen molar-refractivity contribution in [3.63, 3.8) is 0 Å². The van der Waals surface area contributed by atoms with Crippen molar-refractivity contribution in [3.05, 3.63) is 29.8 Å². The third-order valence-electron chi connectivity index (χ3n) is 2.65. The van der Waals surface area contributed by atoms with Crippen LogP contribution >= 0.6 is 0 Å². The molecular formula is C14H19F3N2O2. The summed E-state index contributed by atoms with van der Waals surface area (Å²) in [6.45, 7) is 2.78. The van der Waals surface area contributed by atoms with Gasteiger partial charge in [-0.2, -0.15) is 0 Å². The fraction of sp³-hybridized carbons (Fsp3) is 0.500. The highest BCUT2D eigenvalue weighted by Crippen LogP contribution is 2.23. The number of hydrogen-bond acceptors (Lipinski definition) is 2. The van der Waals surface area contributed by atoms with Gasteiger partial charge in [0.2, 0.25) is 0 Å². The lowest BCUT2D eigenvalue weighted by Crippen LogP contribution is -2.35. The minimum Gasteiger partial charge on any atom is -0.406 e. The largest absolute Gasteiger partial charge is 0.573 e. The molecule has 2 N–H and O–H groups in total. The third-order valence-corrected chi connectivity index (χ3v) is 2.65. The lowest BCUT2D eigenvalue weighted by atomic mass is 10.2. The van der Waals surface area contributed by atoms with E-state index in [-0.39, 0.29) is 18.3 Å². The summed E-state index contributed by atoms with van der Waals surface area (Å²) in [6, 6.07) is 5.16. The molecule has 1 aromatic rings. The van der Waals surface area contributed by atoms with Crippen LogP contribution in [0.5, 0.6) is 5.75 Å². The number of carbonyl (C=O) groups is 1. The Morgan fingerprint density at radius 2 is 2.00 bits per heavy atom. The van der Waals surface area contributed by atoms with Gasteiger partial charge in [-0.05, 0) is 24.1 Å². The number of benzene rings is 1. The maximum absolute atomic E-state index is 12.1. The summed E-state index contributed by atoms with van der Waals surface area (Å²) < 4.78 is 40.1. The Balaban J connectivity index is 2.38. The second kappa shape index (κ2) is 8.39. The molecule has 2 amide bonds. The first-order valence-electron chi connectivity index (χ1n) is 6.77. The molecule has 1 aromatic carbocycles. The van der Waals surface area contributed by atoms with Gasteiger partial charge in [0.25, 0.3) is 0 Å². The summed E-state index contributed by atoms with van der Waals surface area (Å²) in [6.07, 6.45) is -1.71. The molecule has 0 aliphatic heterocycles. The fourth-order valence-corrected chi connectivity index (χ4v) is 1.67. The molecule has 0 saturated heterocycles. The molecule has 4 nitrogen and oxygen atoms in total. The molecule has 0 unspecified atom stereocenters. The highest BCUT2D eigenvalue weighted by Gasteiger charge is 2.31. The molecule has 1 rings (SSSR count). The van der Waals surface area contributed by atoms with Crippen molar-refractivity contribution < 1.29 is 22.7 Å². The molecular weight excluding hydrogens is 285 g/mol. The number of urea groups is 1. The second-order valence-electron chi connectivity index (χ2n) is 4.51. The molecule has 0 spiro atoms. The molecule has 0 fully saturated rings. The van der Waals surface area contributed by atoms with Crippen molar-refractivity contribution >= 4 is 6.03 Å². The van der Waals surface area contributed by atoms with Crippen LogP contribution in [0.4, 0.5) is 18.0 Å². The Morgan fingerprint density at radius 3 is 2.67 bits per heavy atom. The van der Waals surface area contributed by atoms with Crippen molar-refractivity contribution in [2.75, 3.05) is 6.54 Å². The van der Waals surface area contributed by atoms with Crippen LogP contribution in [0.15, 0.2) is 24.3 Å². The highest BCUT2D eigenvalue weighted by atomic mass is 19.4. The van der Waals surface area contributed by atoms with Crippen LogP contribution in [0.3, 0.4) is 0 Å². The van der Waals surface area contributed by atoms with E-state index in [1.807, 2.05) is 0 Å². The number of unbranched alkanes of at least 4 members (excludes halogenated alkanes) is 2. The normalized spacial score (nSPS) is 11.0. The van der Waals surface area contributed by atoms with E-state index < -0.39 is 6.36 Å². The van der Waals surface area contributed by atoms with E-state index in [4.69, 9.17) is 0 Å². The van der Waals surface area contributed by atoms with E-state index in [9.17, 15) is 18.0 Å². The topological polar surface area (TPSA) is 50.4 Å². The summed E-state index contributed by atoms with van der Waals surface area (Å²) in [4.78, 5) is 11.5. The number of ether oxygens (including phenoxy) is 1. The van der Waals surface area contributed by atoms with Crippen LogP contribution in [-0.2, 0) is 6.54 Å². The first-order chi connectivity index (χ1) is 9.90. The highest BCUT2D eigenvalue weighted by molar-refractivity contribution is 5.73. The molecule has 0 aliphatic rings. The molecule has 7 heteroatoms. The minimum atomic E-state index is -4.72. The van der Waals surface area contributed by atoms with Crippen molar-refractivity contribution in [1.29, 1.82) is 0 Å². The summed E-state index contributed by atoms with van der Waals surface area (Å²) in [5, 5.41) is 5.26. The average molecular weight is 304 g/mol. The zero-order chi connectivity index (χ0) is 15.7. The molecule has 0 saturated carbocycles. The number of amides is 2. The van der Waals surface area contributed by atoms with Gasteiger partial charge < -0.3 is 15.4 Å². The zero-order valence-electron chi connectivity index (χ0n) is 11.8. The number of carbonyl (C=O) groups excluding carboxylic acids is 1. The summed E-state index contributed by atoms with van der Waals surface area (Å²) >= 11 is 0. The first kappa shape index (κ1) is 17.1. The Kier molecular flexibility index (Phi) is 6.84. The van der Waals surface area contributed by atoms with Crippen LogP contribution in [-0.4, -0.2) is 18.9 Å². The van der Waals surface area contributed by atoms with E-state index in [1.165, 1.54) is 18.2 Å².